The molecule has 0 amide bonds. The van der Waals surface area contributed by atoms with Gasteiger partial charge in [0.2, 0.25) is 0 Å². The van der Waals surface area contributed by atoms with E-state index in [0.29, 0.717) is 38.7 Å². The average Bonchev–Trinajstić information content (AvgIpc) is 3.30. The smallest absolute Gasteiger partial charge is 0.338 e. The summed E-state index contributed by atoms with van der Waals surface area (Å²) in [6.45, 7) is 4.18. The molecule has 1 aliphatic rings. The molecule has 1 aromatic heterocycles. The maximum Gasteiger partial charge on any atom is 0.338 e. The van der Waals surface area contributed by atoms with E-state index in [1.54, 1.807) is 37.3 Å². The first kappa shape index (κ1) is 30.1. The highest BCUT2D eigenvalue weighted by atomic mass is 127. The summed E-state index contributed by atoms with van der Waals surface area (Å²) in [6.07, 6.45) is 3.83. The Bertz CT molecular complexity index is 1830. The number of benzene rings is 3. The highest BCUT2D eigenvalue weighted by Gasteiger charge is 2.33. The number of halogens is 1. The van der Waals surface area contributed by atoms with Crippen molar-refractivity contribution in [1.29, 1.82) is 0 Å². The van der Waals surface area contributed by atoms with Crippen LogP contribution in [-0.4, -0.2) is 30.5 Å². The summed E-state index contributed by atoms with van der Waals surface area (Å²) in [6, 6.07) is 21.0. The van der Waals surface area contributed by atoms with Crippen molar-refractivity contribution in [3.8, 4) is 11.5 Å². The van der Waals surface area contributed by atoms with Crippen molar-refractivity contribution in [2.24, 2.45) is 4.99 Å². The van der Waals surface area contributed by atoms with Crippen LogP contribution in [0.5, 0.6) is 11.5 Å². The van der Waals surface area contributed by atoms with E-state index in [1.165, 1.54) is 11.3 Å². The molecule has 0 saturated carbocycles. The van der Waals surface area contributed by atoms with Crippen LogP contribution in [0.1, 0.15) is 36.6 Å². The molecule has 0 N–H and O–H groups in total. The van der Waals surface area contributed by atoms with Crippen molar-refractivity contribution in [1.82, 2.24) is 4.57 Å². The van der Waals surface area contributed by atoms with Gasteiger partial charge in [0.1, 0.15) is 6.61 Å². The van der Waals surface area contributed by atoms with Gasteiger partial charge in [-0.25, -0.2) is 9.79 Å². The van der Waals surface area contributed by atoms with Crippen LogP contribution in [0.4, 0.5) is 0 Å². The van der Waals surface area contributed by atoms with Gasteiger partial charge in [0.05, 0.1) is 39.1 Å². The number of nitrogens with zero attached hydrogens (tertiary/aromatic N) is 2. The molecule has 5 rings (SSSR count). The second-order valence-corrected chi connectivity index (χ2v) is 12.4. The summed E-state index contributed by atoms with van der Waals surface area (Å²) in [5.41, 5.74) is 3.32. The monoisotopic (exact) mass is 712 g/mol. The van der Waals surface area contributed by atoms with E-state index in [4.69, 9.17) is 14.2 Å². The van der Waals surface area contributed by atoms with Gasteiger partial charge in [0, 0.05) is 4.90 Å². The lowest BCUT2D eigenvalue weighted by Crippen LogP contribution is -2.39. The molecule has 0 fully saturated rings. The number of allylic oxidation sites excluding steroid dienone is 1. The van der Waals surface area contributed by atoms with E-state index in [9.17, 15) is 9.59 Å². The van der Waals surface area contributed by atoms with Gasteiger partial charge in [-0.2, -0.15) is 0 Å². The quantitative estimate of drug-likeness (QED) is 0.126. The van der Waals surface area contributed by atoms with Gasteiger partial charge in [-0.15, -0.1) is 11.8 Å². The molecule has 0 aliphatic carbocycles. The van der Waals surface area contributed by atoms with Crippen LogP contribution in [0.2, 0.25) is 0 Å². The molecule has 1 atom stereocenters. The molecule has 0 spiro atoms. The number of thioether (sulfide) groups is 1. The van der Waals surface area contributed by atoms with Crippen LogP contribution in [0, 0.1) is 3.57 Å². The zero-order valence-corrected chi connectivity index (χ0v) is 27.3. The molecule has 216 valence electrons. The predicted octanol–water partition coefficient (Wildman–Crippen LogP) is 5.71. The Morgan fingerprint density at radius 2 is 1.88 bits per heavy atom. The first-order chi connectivity index (χ1) is 20.3. The number of carbonyl (C=O) groups excluding carboxylic acids is 1. The van der Waals surface area contributed by atoms with Crippen molar-refractivity contribution >= 4 is 57.7 Å². The fourth-order valence-electron chi connectivity index (χ4n) is 4.74. The molecule has 4 aromatic rings. The molecular formula is C32H29IN2O5S2. The Balaban J connectivity index is 1.58. The standard InChI is InChI=1S/C32H29IN2O5S2/c1-5-39-31(37)27-19(2)34-32-35(28(27)22-11-13-23(41-4)14-12-22)30(36)26(42-32)17-21-15-24(33)29(25(16-21)38-3)40-18-20-9-7-6-8-10-20/h6-17,28H,5,18H2,1-4H3/b26-17-/t28-/m0/s1. The molecule has 0 saturated heterocycles. The lowest BCUT2D eigenvalue weighted by Gasteiger charge is -2.24. The number of hydrogen-bond acceptors (Lipinski definition) is 8. The summed E-state index contributed by atoms with van der Waals surface area (Å²) in [7, 11) is 1.60. The van der Waals surface area contributed by atoms with E-state index in [1.807, 2.05) is 79.1 Å². The predicted molar refractivity (Wildman–Crippen MR) is 175 cm³/mol. The number of esters is 1. The lowest BCUT2D eigenvalue weighted by atomic mass is 9.96. The molecule has 2 heterocycles. The van der Waals surface area contributed by atoms with Gasteiger partial charge < -0.3 is 14.2 Å². The highest BCUT2D eigenvalue weighted by molar-refractivity contribution is 14.1. The molecule has 10 heteroatoms. The number of rotatable bonds is 9. The Morgan fingerprint density at radius 1 is 1.14 bits per heavy atom. The maximum absolute atomic E-state index is 14.0. The molecule has 0 radical (unpaired) electrons. The summed E-state index contributed by atoms with van der Waals surface area (Å²) in [5, 5.41) is 0. The third kappa shape index (κ3) is 6.20. The van der Waals surface area contributed by atoms with Crippen LogP contribution in [0.15, 0.2) is 92.7 Å². The number of aromatic nitrogens is 1. The lowest BCUT2D eigenvalue weighted by molar-refractivity contribution is -0.139. The minimum absolute atomic E-state index is 0.226. The summed E-state index contributed by atoms with van der Waals surface area (Å²) in [4.78, 5) is 33.4. The van der Waals surface area contributed by atoms with E-state index in [2.05, 4.69) is 27.6 Å². The van der Waals surface area contributed by atoms with Gasteiger partial charge >= 0.3 is 5.97 Å². The Hall–Kier alpha value is -3.35. The maximum atomic E-state index is 14.0. The van der Waals surface area contributed by atoms with Gasteiger partial charge in [-0.1, -0.05) is 53.8 Å². The largest absolute Gasteiger partial charge is 0.493 e. The van der Waals surface area contributed by atoms with Crippen molar-refractivity contribution in [3.63, 3.8) is 0 Å². The van der Waals surface area contributed by atoms with E-state index in [0.717, 1.165) is 25.2 Å². The fourth-order valence-corrected chi connectivity index (χ4v) is 6.97. The van der Waals surface area contributed by atoms with Crippen molar-refractivity contribution in [2.45, 2.75) is 31.4 Å². The van der Waals surface area contributed by atoms with Crippen molar-refractivity contribution in [2.75, 3.05) is 20.0 Å². The molecule has 0 unspecified atom stereocenters. The van der Waals surface area contributed by atoms with Crippen LogP contribution >= 0.6 is 45.7 Å². The molecule has 7 nitrogen and oxygen atoms in total. The van der Waals surface area contributed by atoms with E-state index in [-0.39, 0.29) is 12.2 Å². The number of hydrogen-bond donors (Lipinski definition) is 0. The summed E-state index contributed by atoms with van der Waals surface area (Å²) < 4.78 is 20.1. The minimum Gasteiger partial charge on any atom is -0.493 e. The fraction of sp³-hybridized carbons (Fsp3) is 0.219. The number of methoxy groups -OCH3 is 1. The van der Waals surface area contributed by atoms with Crippen molar-refractivity contribution < 1.29 is 19.0 Å². The number of fused-ring (bicyclic) bond motifs is 1. The zero-order chi connectivity index (χ0) is 29.8. The summed E-state index contributed by atoms with van der Waals surface area (Å²) >= 11 is 5.13. The first-order valence-corrected chi connectivity index (χ1v) is 16.3. The molecule has 0 bridgehead atoms. The summed E-state index contributed by atoms with van der Waals surface area (Å²) in [5.74, 6) is 0.741. The molecule has 3 aromatic carbocycles. The normalized spacial score (nSPS) is 14.8. The van der Waals surface area contributed by atoms with Gasteiger partial charge in [0.15, 0.2) is 16.3 Å². The Morgan fingerprint density at radius 3 is 2.55 bits per heavy atom. The van der Waals surface area contributed by atoms with Gasteiger partial charge in [0.25, 0.3) is 5.56 Å². The highest BCUT2D eigenvalue weighted by Crippen LogP contribution is 2.35. The van der Waals surface area contributed by atoms with Crippen molar-refractivity contribution in [3.05, 3.63) is 118 Å². The van der Waals surface area contributed by atoms with Crippen LogP contribution < -0.4 is 24.4 Å². The Labute approximate surface area is 265 Å². The molecular weight excluding hydrogens is 683 g/mol. The second-order valence-electron chi connectivity index (χ2n) is 9.38. The third-order valence-electron chi connectivity index (χ3n) is 6.72. The number of carbonyl (C=O) groups is 1. The number of ether oxygens (including phenoxy) is 3. The van der Waals surface area contributed by atoms with Crippen LogP contribution in [-0.2, 0) is 16.1 Å². The first-order valence-electron chi connectivity index (χ1n) is 13.2. The van der Waals surface area contributed by atoms with Gasteiger partial charge in [-0.3, -0.25) is 9.36 Å². The van der Waals surface area contributed by atoms with Gasteiger partial charge in [-0.05, 0) is 89.7 Å². The Kier molecular flexibility index (Phi) is 9.54. The topological polar surface area (TPSA) is 79.1 Å². The SMILES string of the molecule is CCOC(=O)C1=C(C)N=c2s/c(=C\c3cc(I)c(OCc4ccccc4)c(OC)c3)c(=O)n2[C@H]1c1ccc(SC)cc1. The average molecular weight is 713 g/mol. The van der Waals surface area contributed by atoms with E-state index >= 15 is 0 Å². The zero-order valence-electron chi connectivity index (χ0n) is 23.5. The van der Waals surface area contributed by atoms with Crippen LogP contribution in [0.3, 0.4) is 0 Å². The van der Waals surface area contributed by atoms with E-state index < -0.39 is 12.0 Å². The second kappa shape index (κ2) is 13.3. The van der Waals surface area contributed by atoms with Crippen LogP contribution in [0.25, 0.3) is 6.08 Å². The minimum atomic E-state index is -0.651. The third-order valence-corrected chi connectivity index (χ3v) is 9.25. The number of thiazole rings is 1. The molecule has 1 aliphatic heterocycles. The molecule has 42 heavy (non-hydrogen) atoms.